The van der Waals surface area contributed by atoms with Crippen LogP contribution in [0.5, 0.6) is 0 Å². The van der Waals surface area contributed by atoms with Crippen molar-refractivity contribution in [1.29, 1.82) is 0 Å². The Morgan fingerprint density at radius 3 is 2.71 bits per heavy atom. The Balaban J connectivity index is 3.22. The average molecular weight is 295 g/mol. The van der Waals surface area contributed by atoms with Crippen LogP contribution >= 0.6 is 0 Å². The SMILES string of the molecule is CCC(C)CN(CC)c1ccc([N+](=O)[O-])c(/C(N)=N/O)n1. The fourth-order valence-corrected chi connectivity index (χ4v) is 1.89. The fraction of sp³-hybridized carbons (Fsp3) is 0.538. The molecule has 0 aliphatic rings. The molecule has 3 N–H and O–H groups in total. The van der Waals surface area contributed by atoms with E-state index >= 15 is 0 Å². The number of rotatable bonds is 7. The summed E-state index contributed by atoms with van der Waals surface area (Å²) in [5, 5.41) is 22.5. The van der Waals surface area contributed by atoms with Crippen molar-refractivity contribution in [2.75, 3.05) is 18.0 Å². The molecule has 0 amide bonds. The van der Waals surface area contributed by atoms with E-state index in [1.807, 2.05) is 11.8 Å². The maximum absolute atomic E-state index is 11.0. The number of hydrogen-bond acceptors (Lipinski definition) is 6. The number of anilines is 1. The molecule has 0 radical (unpaired) electrons. The van der Waals surface area contributed by atoms with E-state index in [1.165, 1.54) is 6.07 Å². The van der Waals surface area contributed by atoms with E-state index in [0.717, 1.165) is 13.0 Å². The van der Waals surface area contributed by atoms with E-state index in [9.17, 15) is 10.1 Å². The minimum Gasteiger partial charge on any atom is -0.409 e. The molecule has 8 heteroatoms. The van der Waals surface area contributed by atoms with Crippen molar-refractivity contribution in [1.82, 2.24) is 4.98 Å². The van der Waals surface area contributed by atoms with E-state index < -0.39 is 4.92 Å². The van der Waals surface area contributed by atoms with Gasteiger partial charge in [-0.15, -0.1) is 0 Å². The minimum atomic E-state index is -0.602. The Hall–Kier alpha value is -2.38. The first-order valence-corrected chi connectivity index (χ1v) is 6.82. The summed E-state index contributed by atoms with van der Waals surface area (Å²) in [5.74, 6) is 0.669. The molecule has 1 heterocycles. The Morgan fingerprint density at radius 2 is 2.24 bits per heavy atom. The van der Waals surface area contributed by atoms with Crippen LogP contribution in [0, 0.1) is 16.0 Å². The second kappa shape index (κ2) is 7.41. The van der Waals surface area contributed by atoms with Gasteiger partial charge in [0.25, 0.3) is 5.69 Å². The number of nitro groups is 1. The summed E-state index contributed by atoms with van der Waals surface area (Å²) in [6, 6.07) is 2.91. The van der Waals surface area contributed by atoms with Crippen molar-refractivity contribution in [3.8, 4) is 0 Å². The average Bonchev–Trinajstić information content (AvgIpc) is 2.50. The molecule has 0 bridgehead atoms. The quantitative estimate of drug-likeness (QED) is 0.261. The highest BCUT2D eigenvalue weighted by Gasteiger charge is 2.21. The first-order chi connectivity index (χ1) is 9.94. The standard InChI is InChI=1S/C13H21N5O3/c1-4-9(3)8-17(5-2)11-7-6-10(18(20)21)12(15-11)13(14)16-19/h6-7,9,19H,4-5,8H2,1-3H3,(H2,14,16). The van der Waals surface area contributed by atoms with Gasteiger partial charge in [0.1, 0.15) is 5.82 Å². The molecule has 1 rings (SSSR count). The first-order valence-electron chi connectivity index (χ1n) is 6.82. The number of amidine groups is 1. The van der Waals surface area contributed by atoms with E-state index in [-0.39, 0.29) is 17.2 Å². The van der Waals surface area contributed by atoms with Crippen LogP contribution in [-0.2, 0) is 0 Å². The molecular formula is C13H21N5O3. The topological polar surface area (TPSA) is 118 Å². The summed E-state index contributed by atoms with van der Waals surface area (Å²) >= 11 is 0. The lowest BCUT2D eigenvalue weighted by atomic mass is 10.1. The molecule has 21 heavy (non-hydrogen) atoms. The Kier molecular flexibility index (Phi) is 5.89. The van der Waals surface area contributed by atoms with Crippen molar-refractivity contribution in [2.45, 2.75) is 27.2 Å². The van der Waals surface area contributed by atoms with Gasteiger partial charge in [-0.25, -0.2) is 4.98 Å². The number of oxime groups is 1. The van der Waals surface area contributed by atoms with Crippen molar-refractivity contribution in [2.24, 2.45) is 16.8 Å². The second-order valence-electron chi connectivity index (χ2n) is 4.83. The zero-order valence-electron chi connectivity index (χ0n) is 12.5. The van der Waals surface area contributed by atoms with Crippen LogP contribution in [-0.4, -0.2) is 34.0 Å². The van der Waals surface area contributed by atoms with Crippen molar-refractivity contribution < 1.29 is 10.1 Å². The van der Waals surface area contributed by atoms with Gasteiger partial charge in [0, 0.05) is 19.2 Å². The molecule has 0 spiro atoms. The lowest BCUT2D eigenvalue weighted by molar-refractivity contribution is -0.385. The Morgan fingerprint density at radius 1 is 1.57 bits per heavy atom. The maximum atomic E-state index is 11.0. The third-order valence-corrected chi connectivity index (χ3v) is 3.34. The molecule has 1 aromatic rings. The Labute approximate surface area is 123 Å². The highest BCUT2D eigenvalue weighted by Crippen LogP contribution is 2.22. The van der Waals surface area contributed by atoms with Crippen LogP contribution in [0.2, 0.25) is 0 Å². The third-order valence-electron chi connectivity index (χ3n) is 3.34. The lowest BCUT2D eigenvalue weighted by Crippen LogP contribution is -2.30. The molecule has 1 unspecified atom stereocenters. The van der Waals surface area contributed by atoms with E-state index in [0.29, 0.717) is 18.3 Å². The number of hydrogen-bond donors (Lipinski definition) is 2. The molecule has 8 nitrogen and oxygen atoms in total. The number of nitrogens with zero attached hydrogens (tertiary/aromatic N) is 4. The predicted octanol–water partition coefficient (Wildman–Crippen LogP) is 1.96. The zero-order chi connectivity index (χ0) is 16.0. The molecule has 0 aliphatic carbocycles. The summed E-state index contributed by atoms with van der Waals surface area (Å²) < 4.78 is 0. The van der Waals surface area contributed by atoms with Gasteiger partial charge in [0.15, 0.2) is 11.5 Å². The van der Waals surface area contributed by atoms with Gasteiger partial charge in [-0.1, -0.05) is 25.4 Å². The third kappa shape index (κ3) is 4.04. The molecule has 1 aromatic heterocycles. The lowest BCUT2D eigenvalue weighted by Gasteiger charge is -2.25. The van der Waals surface area contributed by atoms with Gasteiger partial charge in [-0.3, -0.25) is 10.1 Å². The van der Waals surface area contributed by atoms with Crippen LogP contribution in [0.3, 0.4) is 0 Å². The normalized spacial score (nSPS) is 13.0. The van der Waals surface area contributed by atoms with E-state index in [1.54, 1.807) is 6.07 Å². The van der Waals surface area contributed by atoms with Gasteiger partial charge in [0.2, 0.25) is 0 Å². The highest BCUT2D eigenvalue weighted by atomic mass is 16.6. The van der Waals surface area contributed by atoms with Gasteiger partial charge in [0.05, 0.1) is 4.92 Å². The predicted molar refractivity (Wildman–Crippen MR) is 80.7 cm³/mol. The summed E-state index contributed by atoms with van der Waals surface area (Å²) in [7, 11) is 0. The number of pyridine rings is 1. The van der Waals surface area contributed by atoms with Crippen molar-refractivity contribution in [3.05, 3.63) is 27.9 Å². The van der Waals surface area contributed by atoms with Crippen molar-refractivity contribution >= 4 is 17.3 Å². The van der Waals surface area contributed by atoms with E-state index in [4.69, 9.17) is 10.9 Å². The van der Waals surface area contributed by atoms with Gasteiger partial charge in [-0.2, -0.15) is 0 Å². The van der Waals surface area contributed by atoms with Crippen LogP contribution in [0.25, 0.3) is 0 Å². The minimum absolute atomic E-state index is 0.123. The molecule has 1 atom stereocenters. The summed E-state index contributed by atoms with van der Waals surface area (Å²) in [4.78, 5) is 16.6. The molecule has 116 valence electrons. The van der Waals surface area contributed by atoms with E-state index in [2.05, 4.69) is 24.0 Å². The van der Waals surface area contributed by atoms with Crippen LogP contribution < -0.4 is 10.6 Å². The highest BCUT2D eigenvalue weighted by molar-refractivity contribution is 5.99. The maximum Gasteiger partial charge on any atom is 0.298 e. The number of aromatic nitrogens is 1. The number of nitrogens with two attached hydrogens (primary N) is 1. The molecule has 0 saturated carbocycles. The summed E-state index contributed by atoms with van der Waals surface area (Å²) in [6.45, 7) is 7.70. The van der Waals surface area contributed by atoms with Crippen molar-refractivity contribution in [3.63, 3.8) is 0 Å². The molecule has 0 saturated heterocycles. The summed E-state index contributed by atoms with van der Waals surface area (Å²) in [5.41, 5.74) is 5.08. The molecular weight excluding hydrogens is 274 g/mol. The van der Waals surface area contributed by atoms with Crippen LogP contribution in [0.15, 0.2) is 17.3 Å². The molecule has 0 aliphatic heterocycles. The second-order valence-corrected chi connectivity index (χ2v) is 4.83. The first kappa shape index (κ1) is 16.7. The molecule has 0 aromatic carbocycles. The zero-order valence-corrected chi connectivity index (χ0v) is 12.5. The Bertz CT molecular complexity index is 533. The van der Waals surface area contributed by atoms with Gasteiger partial charge < -0.3 is 15.8 Å². The molecule has 0 fully saturated rings. The van der Waals surface area contributed by atoms with Gasteiger partial charge in [-0.05, 0) is 18.9 Å². The largest absolute Gasteiger partial charge is 0.409 e. The van der Waals surface area contributed by atoms with Crippen LogP contribution in [0.4, 0.5) is 11.5 Å². The summed E-state index contributed by atoms with van der Waals surface area (Å²) in [6.07, 6.45) is 1.02. The fourth-order valence-electron chi connectivity index (χ4n) is 1.89. The monoisotopic (exact) mass is 295 g/mol. The smallest absolute Gasteiger partial charge is 0.298 e. The van der Waals surface area contributed by atoms with Gasteiger partial charge >= 0.3 is 0 Å². The van der Waals surface area contributed by atoms with Crippen LogP contribution in [0.1, 0.15) is 32.9 Å².